The predicted molar refractivity (Wildman–Crippen MR) is 78.8 cm³/mol. The first-order valence-corrected chi connectivity index (χ1v) is 6.86. The number of alkyl halides is 1. The highest BCUT2D eigenvalue weighted by molar-refractivity contribution is 9.10. The Kier molecular flexibility index (Phi) is 5.05. The summed E-state index contributed by atoms with van der Waals surface area (Å²) in [6.07, 6.45) is 0. The summed E-state index contributed by atoms with van der Waals surface area (Å²) in [5.41, 5.74) is 1.88. The van der Waals surface area contributed by atoms with Crippen LogP contribution in [-0.2, 0) is 4.79 Å². The lowest BCUT2D eigenvalue weighted by Crippen LogP contribution is -2.27. The van der Waals surface area contributed by atoms with Gasteiger partial charge in [0.15, 0.2) is 0 Å². The molecule has 19 heavy (non-hydrogen) atoms. The number of hydrogen-bond donors (Lipinski definition) is 1. The Labute approximate surface area is 120 Å². The fraction of sp³-hybridized carbons (Fsp3) is 0.462. The number of carbonyl (C=O) groups is 1. The Balaban J connectivity index is 3.10. The van der Waals surface area contributed by atoms with Gasteiger partial charge in [0.1, 0.15) is 5.69 Å². The van der Waals surface area contributed by atoms with Crippen LogP contribution in [0.5, 0.6) is 0 Å². The first kappa shape index (κ1) is 15.6. The van der Waals surface area contributed by atoms with Crippen LogP contribution in [-0.4, -0.2) is 15.7 Å². The van der Waals surface area contributed by atoms with Crippen LogP contribution in [0.15, 0.2) is 12.1 Å². The van der Waals surface area contributed by atoms with E-state index in [1.54, 1.807) is 13.0 Å². The van der Waals surface area contributed by atoms with Gasteiger partial charge in [-0.15, -0.1) is 0 Å². The van der Waals surface area contributed by atoms with Crippen LogP contribution < -0.4 is 5.32 Å². The van der Waals surface area contributed by atoms with Crippen molar-refractivity contribution in [3.05, 3.63) is 33.4 Å². The van der Waals surface area contributed by atoms with Crippen molar-refractivity contribution in [2.75, 3.05) is 5.32 Å². The molecule has 1 unspecified atom stereocenters. The Bertz CT molecular complexity index is 515. The summed E-state index contributed by atoms with van der Waals surface area (Å²) < 4.78 is 0. The molecule has 0 aliphatic carbocycles. The highest BCUT2D eigenvalue weighted by Gasteiger charge is 2.23. The smallest absolute Gasteiger partial charge is 0.293 e. The van der Waals surface area contributed by atoms with Crippen molar-refractivity contribution in [1.29, 1.82) is 0 Å². The standard InChI is InChI=1S/C13H17BrN2O3/c1-7(2)12(14)13(17)15-10-5-8(3)9(4)6-11(10)16(18)19/h5-7,12H,1-4H3,(H,15,17). The Morgan fingerprint density at radius 1 is 1.32 bits per heavy atom. The van der Waals surface area contributed by atoms with Gasteiger partial charge >= 0.3 is 0 Å². The first-order valence-electron chi connectivity index (χ1n) is 5.94. The highest BCUT2D eigenvalue weighted by Crippen LogP contribution is 2.28. The van der Waals surface area contributed by atoms with Gasteiger partial charge in [0.05, 0.1) is 9.75 Å². The lowest BCUT2D eigenvalue weighted by molar-refractivity contribution is -0.384. The second-order valence-electron chi connectivity index (χ2n) is 4.85. The summed E-state index contributed by atoms with van der Waals surface area (Å²) in [5, 5.41) is 13.6. The fourth-order valence-corrected chi connectivity index (χ4v) is 1.67. The normalized spacial score (nSPS) is 12.3. The molecule has 5 nitrogen and oxygen atoms in total. The maximum absolute atomic E-state index is 11.9. The van der Waals surface area contributed by atoms with Crippen molar-refractivity contribution in [3.8, 4) is 0 Å². The number of nitrogens with one attached hydrogen (secondary N) is 1. The number of hydrogen-bond acceptors (Lipinski definition) is 3. The number of nitro benzene ring substituents is 1. The largest absolute Gasteiger partial charge is 0.319 e. The second kappa shape index (κ2) is 6.14. The van der Waals surface area contributed by atoms with E-state index in [1.165, 1.54) is 6.07 Å². The Hall–Kier alpha value is -1.43. The van der Waals surface area contributed by atoms with Gasteiger partial charge in [0, 0.05) is 6.07 Å². The minimum Gasteiger partial charge on any atom is -0.319 e. The van der Waals surface area contributed by atoms with E-state index in [0.29, 0.717) is 0 Å². The van der Waals surface area contributed by atoms with Crippen molar-refractivity contribution in [1.82, 2.24) is 0 Å². The molecule has 0 heterocycles. The summed E-state index contributed by atoms with van der Waals surface area (Å²) in [4.78, 5) is 22.1. The zero-order chi connectivity index (χ0) is 14.7. The SMILES string of the molecule is Cc1cc(NC(=O)C(Br)C(C)C)c([N+](=O)[O-])cc1C. The Morgan fingerprint density at radius 2 is 1.84 bits per heavy atom. The molecule has 0 aliphatic rings. The van der Waals surface area contributed by atoms with E-state index >= 15 is 0 Å². The highest BCUT2D eigenvalue weighted by atomic mass is 79.9. The molecule has 1 N–H and O–H groups in total. The molecule has 0 fully saturated rings. The van der Waals surface area contributed by atoms with Crippen LogP contribution in [0.2, 0.25) is 0 Å². The number of nitro groups is 1. The number of carbonyl (C=O) groups excluding carboxylic acids is 1. The molecule has 0 saturated carbocycles. The third-order valence-electron chi connectivity index (χ3n) is 2.90. The molecule has 1 atom stereocenters. The summed E-state index contributed by atoms with van der Waals surface area (Å²) in [5.74, 6) is -0.174. The number of rotatable bonds is 4. The van der Waals surface area contributed by atoms with Gasteiger partial charge in [-0.2, -0.15) is 0 Å². The van der Waals surface area contributed by atoms with Gasteiger partial charge in [-0.1, -0.05) is 29.8 Å². The number of benzene rings is 1. The molecule has 1 aromatic carbocycles. The van der Waals surface area contributed by atoms with Crippen LogP contribution in [0.4, 0.5) is 11.4 Å². The van der Waals surface area contributed by atoms with Gasteiger partial charge in [0.25, 0.3) is 5.69 Å². The molecule has 0 radical (unpaired) electrons. The Morgan fingerprint density at radius 3 is 2.32 bits per heavy atom. The van der Waals surface area contributed by atoms with Crippen molar-refractivity contribution in [2.24, 2.45) is 5.92 Å². The monoisotopic (exact) mass is 328 g/mol. The third-order valence-corrected chi connectivity index (χ3v) is 4.38. The van der Waals surface area contributed by atoms with Crippen molar-refractivity contribution in [2.45, 2.75) is 32.5 Å². The lowest BCUT2D eigenvalue weighted by Gasteiger charge is -2.14. The molecule has 6 heteroatoms. The molecule has 104 valence electrons. The van der Waals surface area contributed by atoms with Crippen LogP contribution in [0, 0.1) is 29.9 Å². The fourth-order valence-electron chi connectivity index (χ4n) is 1.56. The summed E-state index contributed by atoms with van der Waals surface area (Å²) in [6.45, 7) is 7.44. The number of halogens is 1. The third kappa shape index (κ3) is 3.76. The number of nitrogens with zero attached hydrogens (tertiary/aromatic N) is 1. The molecule has 0 bridgehead atoms. The molecule has 1 rings (SSSR count). The molecule has 0 aliphatic heterocycles. The molecule has 0 saturated heterocycles. The zero-order valence-electron chi connectivity index (χ0n) is 11.4. The topological polar surface area (TPSA) is 72.2 Å². The molecular weight excluding hydrogens is 312 g/mol. The molecular formula is C13H17BrN2O3. The van der Waals surface area contributed by atoms with E-state index in [9.17, 15) is 14.9 Å². The van der Waals surface area contributed by atoms with E-state index in [2.05, 4.69) is 21.2 Å². The van der Waals surface area contributed by atoms with Crippen LogP contribution in [0.25, 0.3) is 0 Å². The van der Waals surface area contributed by atoms with Crippen molar-refractivity contribution >= 4 is 33.2 Å². The predicted octanol–water partition coefficient (Wildman–Crippen LogP) is 3.57. The van der Waals surface area contributed by atoms with E-state index in [1.807, 2.05) is 20.8 Å². The van der Waals surface area contributed by atoms with Crippen LogP contribution in [0.1, 0.15) is 25.0 Å². The van der Waals surface area contributed by atoms with Crippen LogP contribution in [0.3, 0.4) is 0 Å². The molecule has 0 aromatic heterocycles. The van der Waals surface area contributed by atoms with Gasteiger partial charge in [-0.25, -0.2) is 0 Å². The minimum atomic E-state index is -0.485. The number of aryl methyl sites for hydroxylation is 2. The summed E-state index contributed by atoms with van der Waals surface area (Å²) >= 11 is 3.28. The minimum absolute atomic E-state index is 0.0834. The molecule has 1 amide bonds. The lowest BCUT2D eigenvalue weighted by atomic mass is 10.1. The van der Waals surface area contributed by atoms with Crippen molar-refractivity contribution in [3.63, 3.8) is 0 Å². The van der Waals surface area contributed by atoms with Gasteiger partial charge in [0.2, 0.25) is 5.91 Å². The zero-order valence-corrected chi connectivity index (χ0v) is 12.9. The first-order chi connectivity index (χ1) is 8.73. The quantitative estimate of drug-likeness (QED) is 0.521. The van der Waals surface area contributed by atoms with E-state index in [0.717, 1.165) is 11.1 Å². The number of amides is 1. The summed E-state index contributed by atoms with van der Waals surface area (Å²) in [6, 6.07) is 3.11. The number of anilines is 1. The van der Waals surface area contributed by atoms with Gasteiger partial charge in [-0.3, -0.25) is 14.9 Å². The molecule has 1 aromatic rings. The van der Waals surface area contributed by atoms with Crippen LogP contribution >= 0.6 is 15.9 Å². The van der Waals surface area contributed by atoms with Gasteiger partial charge in [-0.05, 0) is 37.0 Å². The maximum atomic E-state index is 11.9. The molecule has 0 spiro atoms. The second-order valence-corrected chi connectivity index (χ2v) is 5.83. The average molecular weight is 329 g/mol. The van der Waals surface area contributed by atoms with E-state index in [-0.39, 0.29) is 28.0 Å². The van der Waals surface area contributed by atoms with Gasteiger partial charge < -0.3 is 5.32 Å². The van der Waals surface area contributed by atoms with Crippen molar-refractivity contribution < 1.29 is 9.72 Å². The maximum Gasteiger partial charge on any atom is 0.293 e. The average Bonchev–Trinajstić information content (AvgIpc) is 2.31. The van der Waals surface area contributed by atoms with E-state index < -0.39 is 4.92 Å². The summed E-state index contributed by atoms with van der Waals surface area (Å²) in [7, 11) is 0. The van der Waals surface area contributed by atoms with E-state index in [4.69, 9.17) is 0 Å².